The Morgan fingerprint density at radius 3 is 2.71 bits per heavy atom. The maximum Gasteiger partial charge on any atom is 0.0483 e. The highest BCUT2D eigenvalue weighted by molar-refractivity contribution is 5.83. The summed E-state index contributed by atoms with van der Waals surface area (Å²) in [5.41, 5.74) is 8.32. The van der Waals surface area contributed by atoms with Crippen LogP contribution in [0.15, 0.2) is 30.5 Å². The van der Waals surface area contributed by atoms with Crippen molar-refractivity contribution in [3.05, 3.63) is 36.0 Å². The summed E-state index contributed by atoms with van der Waals surface area (Å²) in [5.74, 6) is 0. The number of benzene rings is 1. The van der Waals surface area contributed by atoms with Crippen molar-refractivity contribution in [2.45, 2.75) is 19.5 Å². The van der Waals surface area contributed by atoms with E-state index in [0.717, 1.165) is 19.5 Å². The minimum atomic E-state index is 0.612. The molecule has 0 atom stereocenters. The van der Waals surface area contributed by atoms with Crippen LogP contribution in [0.4, 0.5) is 0 Å². The van der Waals surface area contributed by atoms with Gasteiger partial charge in [0.1, 0.15) is 0 Å². The lowest BCUT2D eigenvalue weighted by Gasteiger charge is -2.10. The summed E-state index contributed by atoms with van der Waals surface area (Å²) in [6.45, 7) is 2.78. The van der Waals surface area contributed by atoms with Crippen molar-refractivity contribution in [1.82, 2.24) is 9.47 Å². The first kappa shape index (κ1) is 12.1. The zero-order valence-electron chi connectivity index (χ0n) is 10.7. The van der Waals surface area contributed by atoms with Crippen LogP contribution in [-0.4, -0.2) is 30.1 Å². The molecule has 0 aliphatic carbocycles. The Labute approximate surface area is 103 Å². The third-order valence-electron chi connectivity index (χ3n) is 3.10. The standard InChI is InChI=1S/C14H21N3/c1-16(2)8-5-9-17-11-12(10-15)13-6-3-4-7-14(13)17/h3-4,6-7,11H,5,8-10,15H2,1-2H3. The molecule has 3 heteroatoms. The summed E-state index contributed by atoms with van der Waals surface area (Å²) >= 11 is 0. The van der Waals surface area contributed by atoms with Crippen LogP contribution in [0.25, 0.3) is 10.9 Å². The zero-order valence-corrected chi connectivity index (χ0v) is 10.7. The van der Waals surface area contributed by atoms with Gasteiger partial charge < -0.3 is 15.2 Å². The van der Waals surface area contributed by atoms with E-state index >= 15 is 0 Å². The molecule has 1 heterocycles. The van der Waals surface area contributed by atoms with Gasteiger partial charge in [-0.1, -0.05) is 18.2 Å². The summed E-state index contributed by atoms with van der Waals surface area (Å²) in [7, 11) is 4.22. The number of nitrogens with two attached hydrogens (primary N) is 1. The van der Waals surface area contributed by atoms with Crippen molar-refractivity contribution in [2.24, 2.45) is 5.73 Å². The average molecular weight is 231 g/mol. The molecule has 0 amide bonds. The van der Waals surface area contributed by atoms with Gasteiger partial charge in [-0.3, -0.25) is 0 Å². The van der Waals surface area contributed by atoms with Crippen molar-refractivity contribution in [2.75, 3.05) is 20.6 Å². The Hall–Kier alpha value is -1.32. The highest BCUT2D eigenvalue weighted by Gasteiger charge is 2.06. The van der Waals surface area contributed by atoms with E-state index in [1.165, 1.54) is 16.5 Å². The minimum absolute atomic E-state index is 0.612. The molecule has 2 aromatic rings. The molecule has 2 rings (SSSR count). The van der Waals surface area contributed by atoms with E-state index in [2.05, 4.69) is 54.0 Å². The molecule has 0 aliphatic rings. The number of fused-ring (bicyclic) bond motifs is 1. The number of hydrogen-bond donors (Lipinski definition) is 1. The lowest BCUT2D eigenvalue weighted by atomic mass is 10.2. The molecule has 0 fully saturated rings. The van der Waals surface area contributed by atoms with Gasteiger partial charge in [0.15, 0.2) is 0 Å². The van der Waals surface area contributed by atoms with Crippen LogP contribution in [0.5, 0.6) is 0 Å². The lowest BCUT2D eigenvalue weighted by molar-refractivity contribution is 0.388. The first-order valence-corrected chi connectivity index (χ1v) is 6.14. The van der Waals surface area contributed by atoms with Crippen molar-refractivity contribution in [1.29, 1.82) is 0 Å². The normalized spacial score (nSPS) is 11.5. The Morgan fingerprint density at radius 2 is 2.00 bits per heavy atom. The van der Waals surface area contributed by atoms with E-state index in [9.17, 15) is 0 Å². The van der Waals surface area contributed by atoms with Gasteiger partial charge in [-0.25, -0.2) is 0 Å². The van der Waals surface area contributed by atoms with Gasteiger partial charge in [0.25, 0.3) is 0 Å². The van der Waals surface area contributed by atoms with Gasteiger partial charge in [-0.2, -0.15) is 0 Å². The average Bonchev–Trinajstić information content (AvgIpc) is 2.68. The van der Waals surface area contributed by atoms with Crippen LogP contribution in [0, 0.1) is 0 Å². The molecule has 3 nitrogen and oxygen atoms in total. The molecule has 1 aromatic carbocycles. The predicted octanol–water partition coefficient (Wildman–Crippen LogP) is 2.05. The first-order chi connectivity index (χ1) is 8.22. The van der Waals surface area contributed by atoms with Crippen LogP contribution >= 0.6 is 0 Å². The molecule has 0 unspecified atom stereocenters. The molecule has 2 N–H and O–H groups in total. The maximum absolute atomic E-state index is 5.78. The smallest absolute Gasteiger partial charge is 0.0483 e. The van der Waals surface area contributed by atoms with Gasteiger partial charge in [0.05, 0.1) is 0 Å². The van der Waals surface area contributed by atoms with Crippen LogP contribution in [0.3, 0.4) is 0 Å². The Bertz CT molecular complexity index is 485. The van der Waals surface area contributed by atoms with E-state index in [0.29, 0.717) is 6.54 Å². The third kappa shape index (κ3) is 2.68. The molecule has 0 radical (unpaired) electrons. The summed E-state index contributed by atoms with van der Waals surface area (Å²) in [4.78, 5) is 2.22. The maximum atomic E-state index is 5.78. The monoisotopic (exact) mass is 231 g/mol. The first-order valence-electron chi connectivity index (χ1n) is 6.14. The largest absolute Gasteiger partial charge is 0.347 e. The van der Waals surface area contributed by atoms with E-state index in [1.54, 1.807) is 0 Å². The van der Waals surface area contributed by atoms with E-state index in [-0.39, 0.29) is 0 Å². The molecule has 0 saturated heterocycles. The lowest BCUT2D eigenvalue weighted by Crippen LogP contribution is -2.14. The fourth-order valence-corrected chi connectivity index (χ4v) is 2.23. The highest BCUT2D eigenvalue weighted by atomic mass is 15.1. The van der Waals surface area contributed by atoms with E-state index < -0.39 is 0 Å². The van der Waals surface area contributed by atoms with E-state index in [4.69, 9.17) is 5.73 Å². The predicted molar refractivity (Wildman–Crippen MR) is 73.0 cm³/mol. The second-order valence-electron chi connectivity index (χ2n) is 4.73. The minimum Gasteiger partial charge on any atom is -0.347 e. The van der Waals surface area contributed by atoms with Gasteiger partial charge in [0.2, 0.25) is 0 Å². The quantitative estimate of drug-likeness (QED) is 0.854. The van der Waals surface area contributed by atoms with Gasteiger partial charge in [-0.05, 0) is 38.7 Å². The number of aryl methyl sites for hydroxylation is 1. The fraction of sp³-hybridized carbons (Fsp3) is 0.429. The number of nitrogens with zero attached hydrogens (tertiary/aromatic N) is 2. The molecular weight excluding hydrogens is 210 g/mol. The van der Waals surface area contributed by atoms with Crippen LogP contribution in [0.1, 0.15) is 12.0 Å². The summed E-state index contributed by atoms with van der Waals surface area (Å²) in [6, 6.07) is 8.49. The summed E-state index contributed by atoms with van der Waals surface area (Å²) in [6.07, 6.45) is 3.36. The van der Waals surface area contributed by atoms with Crippen LogP contribution < -0.4 is 5.73 Å². The molecule has 0 bridgehead atoms. The highest BCUT2D eigenvalue weighted by Crippen LogP contribution is 2.21. The van der Waals surface area contributed by atoms with Crippen molar-refractivity contribution in [3.8, 4) is 0 Å². The number of aromatic nitrogens is 1. The number of hydrogen-bond acceptors (Lipinski definition) is 2. The van der Waals surface area contributed by atoms with Gasteiger partial charge >= 0.3 is 0 Å². The Morgan fingerprint density at radius 1 is 1.24 bits per heavy atom. The van der Waals surface area contributed by atoms with Gasteiger partial charge in [0, 0.05) is 30.2 Å². The molecule has 0 saturated carbocycles. The second kappa shape index (κ2) is 5.34. The molecule has 0 spiro atoms. The Balaban J connectivity index is 2.22. The molecule has 0 aliphatic heterocycles. The molecule has 1 aromatic heterocycles. The van der Waals surface area contributed by atoms with Crippen molar-refractivity contribution < 1.29 is 0 Å². The third-order valence-corrected chi connectivity index (χ3v) is 3.10. The summed E-state index contributed by atoms with van der Waals surface area (Å²) in [5, 5.41) is 1.29. The van der Waals surface area contributed by atoms with Crippen molar-refractivity contribution in [3.63, 3.8) is 0 Å². The second-order valence-corrected chi connectivity index (χ2v) is 4.73. The zero-order chi connectivity index (χ0) is 12.3. The van der Waals surface area contributed by atoms with E-state index in [1.807, 2.05) is 0 Å². The molecule has 17 heavy (non-hydrogen) atoms. The SMILES string of the molecule is CN(C)CCCn1cc(CN)c2ccccc21. The number of rotatable bonds is 5. The van der Waals surface area contributed by atoms with Crippen LogP contribution in [-0.2, 0) is 13.1 Å². The van der Waals surface area contributed by atoms with Crippen molar-refractivity contribution >= 4 is 10.9 Å². The molecular formula is C14H21N3. The number of para-hydroxylation sites is 1. The molecule has 92 valence electrons. The summed E-state index contributed by atoms with van der Waals surface area (Å²) < 4.78 is 2.32. The van der Waals surface area contributed by atoms with Gasteiger partial charge in [-0.15, -0.1) is 0 Å². The Kier molecular flexibility index (Phi) is 3.82. The topological polar surface area (TPSA) is 34.2 Å². The van der Waals surface area contributed by atoms with Crippen LogP contribution in [0.2, 0.25) is 0 Å². The fourth-order valence-electron chi connectivity index (χ4n) is 2.23.